The number of rotatable bonds is 10. The van der Waals surface area contributed by atoms with E-state index in [0.717, 1.165) is 14.2 Å². The number of phenolic OH excluding ortho intramolecular Hbond substituents is 2. The van der Waals surface area contributed by atoms with Crippen LogP contribution in [0.25, 0.3) is 12.2 Å². The Balaban J connectivity index is 1.70. The van der Waals surface area contributed by atoms with E-state index in [1.807, 2.05) is 0 Å². The van der Waals surface area contributed by atoms with Crippen LogP contribution in [0.3, 0.4) is 0 Å². The lowest BCUT2D eigenvalue weighted by molar-refractivity contribution is 0.396. The second-order valence-corrected chi connectivity index (χ2v) is 11.8. The Kier molecular flexibility index (Phi) is 9.22. The summed E-state index contributed by atoms with van der Waals surface area (Å²) in [5, 5.41) is 35.0. The van der Waals surface area contributed by atoms with Gasteiger partial charge in [-0.15, -0.1) is 0 Å². The first-order chi connectivity index (χ1) is 20.0. The fourth-order valence-electron chi connectivity index (χ4n) is 3.51. The fraction of sp³-hybridized carbons (Fsp3) is 0.0714. The molecule has 4 aromatic carbocycles. The molecular weight excluding hydrogens is 584 g/mol. The minimum absolute atomic E-state index is 0.0631. The van der Waals surface area contributed by atoms with Crippen molar-refractivity contribution in [2.45, 2.75) is 9.79 Å². The molecule has 216 valence electrons. The second kappa shape index (κ2) is 12.8. The highest BCUT2D eigenvalue weighted by Gasteiger charge is 2.20. The number of phenols is 2. The maximum absolute atomic E-state index is 12.7. The number of nitrogens with zero attached hydrogens (tertiary/aromatic N) is 4. The number of hydrogen-bond acceptors (Lipinski definition) is 12. The maximum Gasteiger partial charge on any atom is 0.297 e. The molecule has 0 amide bonds. The number of aromatic hydroxyl groups is 2. The molecule has 0 saturated carbocycles. The standard InChI is InChI=1S/C28H24N4O8S2/c1-39-41(35,36)27-17-23(31-29-21-9-13-25(33)14-10-21)7-5-19(27)3-4-20-6-8-24(18-28(20)42(37,38)40-2)32-30-22-11-15-26(34)16-12-22/h3-18,33-34H,1-2H3. The molecule has 0 aliphatic rings. The van der Waals surface area contributed by atoms with Crippen LogP contribution < -0.4 is 0 Å². The summed E-state index contributed by atoms with van der Waals surface area (Å²) in [4.78, 5) is -0.447. The lowest BCUT2D eigenvalue weighted by atomic mass is 10.1. The smallest absolute Gasteiger partial charge is 0.297 e. The van der Waals surface area contributed by atoms with E-state index < -0.39 is 20.2 Å². The third kappa shape index (κ3) is 7.50. The third-order valence-electron chi connectivity index (χ3n) is 5.68. The van der Waals surface area contributed by atoms with Crippen LogP contribution in [0.5, 0.6) is 11.5 Å². The van der Waals surface area contributed by atoms with E-state index in [1.54, 1.807) is 0 Å². The van der Waals surface area contributed by atoms with Crippen molar-refractivity contribution < 1.29 is 35.4 Å². The lowest BCUT2D eigenvalue weighted by Crippen LogP contribution is -2.05. The highest BCUT2D eigenvalue weighted by Crippen LogP contribution is 2.30. The molecule has 0 radical (unpaired) electrons. The van der Waals surface area contributed by atoms with Crippen LogP contribution in [0.1, 0.15) is 11.1 Å². The van der Waals surface area contributed by atoms with Crippen molar-refractivity contribution in [1.29, 1.82) is 0 Å². The van der Waals surface area contributed by atoms with Crippen LogP contribution in [-0.4, -0.2) is 41.3 Å². The third-order valence-corrected chi connectivity index (χ3v) is 8.34. The number of hydrogen-bond donors (Lipinski definition) is 2. The summed E-state index contributed by atoms with van der Waals surface area (Å²) >= 11 is 0. The predicted octanol–water partition coefficient (Wildman–Crippen LogP) is 6.77. The van der Waals surface area contributed by atoms with E-state index in [1.165, 1.54) is 97.1 Å². The average Bonchev–Trinajstić information content (AvgIpc) is 2.99. The van der Waals surface area contributed by atoms with Crippen LogP contribution >= 0.6 is 0 Å². The molecule has 0 saturated heterocycles. The summed E-state index contributed by atoms with van der Waals surface area (Å²) in [6, 6.07) is 20.4. The van der Waals surface area contributed by atoms with E-state index in [-0.39, 0.29) is 43.8 Å². The Labute approximate surface area is 242 Å². The quantitative estimate of drug-likeness (QED) is 0.113. The van der Waals surface area contributed by atoms with Crippen molar-refractivity contribution in [3.63, 3.8) is 0 Å². The molecule has 4 rings (SSSR count). The van der Waals surface area contributed by atoms with Crippen molar-refractivity contribution in [2.24, 2.45) is 20.5 Å². The molecule has 4 aromatic rings. The first kappa shape index (κ1) is 30.2. The van der Waals surface area contributed by atoms with Gasteiger partial charge in [0.2, 0.25) is 0 Å². The predicted molar refractivity (Wildman–Crippen MR) is 155 cm³/mol. The molecule has 0 bridgehead atoms. The van der Waals surface area contributed by atoms with Gasteiger partial charge >= 0.3 is 0 Å². The van der Waals surface area contributed by atoms with E-state index in [2.05, 4.69) is 20.5 Å². The van der Waals surface area contributed by atoms with Crippen molar-refractivity contribution in [3.05, 3.63) is 96.1 Å². The summed E-state index contributed by atoms with van der Waals surface area (Å²) in [6.45, 7) is 0. The van der Waals surface area contributed by atoms with Gasteiger partial charge in [-0.25, -0.2) is 0 Å². The average molecular weight is 609 g/mol. The van der Waals surface area contributed by atoms with Gasteiger partial charge in [-0.05, 0) is 83.9 Å². The minimum Gasteiger partial charge on any atom is -0.508 e. The van der Waals surface area contributed by atoms with Gasteiger partial charge in [-0.2, -0.15) is 37.3 Å². The molecule has 0 heterocycles. The fourth-order valence-corrected chi connectivity index (χ4v) is 5.25. The molecule has 0 fully saturated rings. The Morgan fingerprint density at radius 2 is 0.833 bits per heavy atom. The van der Waals surface area contributed by atoms with Gasteiger partial charge in [0.25, 0.3) is 20.2 Å². The molecular formula is C28H24N4O8S2. The van der Waals surface area contributed by atoms with E-state index in [0.29, 0.717) is 11.4 Å². The summed E-state index contributed by atoms with van der Waals surface area (Å²) < 4.78 is 60.3. The number of benzene rings is 4. The van der Waals surface area contributed by atoms with Crippen molar-refractivity contribution in [3.8, 4) is 11.5 Å². The summed E-state index contributed by atoms with van der Waals surface area (Å²) in [5.74, 6) is 0.126. The molecule has 42 heavy (non-hydrogen) atoms. The molecule has 14 heteroatoms. The molecule has 0 aliphatic heterocycles. The SMILES string of the molecule is COS(=O)(=O)c1cc(N=Nc2ccc(O)cc2)ccc1C=Cc1ccc(N=Nc2ccc(O)cc2)cc1S(=O)(=O)OC. The molecule has 2 N–H and O–H groups in total. The van der Waals surface area contributed by atoms with Crippen LogP contribution in [0.4, 0.5) is 22.7 Å². The monoisotopic (exact) mass is 608 g/mol. The Hall–Kier alpha value is -4.76. The zero-order valence-corrected chi connectivity index (χ0v) is 23.8. The summed E-state index contributed by atoms with van der Waals surface area (Å²) in [7, 11) is -6.37. The zero-order valence-electron chi connectivity index (χ0n) is 22.2. The largest absolute Gasteiger partial charge is 0.508 e. The first-order valence-corrected chi connectivity index (χ1v) is 14.8. The number of azo groups is 2. The van der Waals surface area contributed by atoms with Crippen molar-refractivity contribution in [1.82, 2.24) is 0 Å². The normalized spacial score (nSPS) is 12.5. The van der Waals surface area contributed by atoms with Gasteiger partial charge in [-0.1, -0.05) is 24.3 Å². The molecule has 12 nitrogen and oxygen atoms in total. The molecule has 0 aliphatic carbocycles. The van der Waals surface area contributed by atoms with Gasteiger partial charge in [0.15, 0.2) is 0 Å². The summed E-state index contributed by atoms with van der Waals surface area (Å²) in [5.41, 5.74) is 1.68. The zero-order chi connectivity index (χ0) is 30.3. The molecule has 0 atom stereocenters. The Bertz CT molecular complexity index is 1750. The lowest BCUT2D eigenvalue weighted by Gasteiger charge is -2.09. The van der Waals surface area contributed by atoms with Crippen molar-refractivity contribution in [2.75, 3.05) is 14.2 Å². The van der Waals surface area contributed by atoms with Gasteiger partial charge in [-0.3, -0.25) is 8.37 Å². The summed E-state index contributed by atoms with van der Waals surface area (Å²) in [6.07, 6.45) is 2.82. The van der Waals surface area contributed by atoms with Crippen LogP contribution in [0.2, 0.25) is 0 Å². The van der Waals surface area contributed by atoms with Gasteiger partial charge < -0.3 is 10.2 Å². The van der Waals surface area contributed by atoms with Crippen LogP contribution in [0, 0.1) is 0 Å². The molecule has 0 unspecified atom stereocenters. The first-order valence-electron chi connectivity index (χ1n) is 12.0. The minimum atomic E-state index is -4.20. The van der Waals surface area contributed by atoms with Gasteiger partial charge in [0, 0.05) is 0 Å². The Morgan fingerprint density at radius 1 is 0.524 bits per heavy atom. The molecule has 0 spiro atoms. The van der Waals surface area contributed by atoms with E-state index in [4.69, 9.17) is 8.37 Å². The molecule has 0 aromatic heterocycles. The highest BCUT2D eigenvalue weighted by atomic mass is 32.2. The van der Waals surface area contributed by atoms with Gasteiger partial charge in [0.05, 0.1) is 37.0 Å². The topological polar surface area (TPSA) is 177 Å². The van der Waals surface area contributed by atoms with Crippen molar-refractivity contribution >= 4 is 55.1 Å². The van der Waals surface area contributed by atoms with E-state index >= 15 is 0 Å². The second-order valence-electron chi connectivity index (χ2n) is 8.45. The highest BCUT2D eigenvalue weighted by molar-refractivity contribution is 7.87. The maximum atomic E-state index is 12.7. The van der Waals surface area contributed by atoms with Gasteiger partial charge in [0.1, 0.15) is 21.3 Å². The van der Waals surface area contributed by atoms with Crippen LogP contribution in [-0.2, 0) is 28.6 Å². The Morgan fingerprint density at radius 3 is 1.17 bits per heavy atom. The van der Waals surface area contributed by atoms with E-state index in [9.17, 15) is 27.0 Å². The van der Waals surface area contributed by atoms with Crippen LogP contribution in [0.15, 0.2) is 115 Å².